The van der Waals surface area contributed by atoms with Gasteiger partial charge in [0.2, 0.25) is 5.91 Å². The van der Waals surface area contributed by atoms with Crippen molar-refractivity contribution in [2.24, 2.45) is 5.92 Å². The number of benzene rings is 2. The molecule has 2 unspecified atom stereocenters. The van der Waals surface area contributed by atoms with Gasteiger partial charge in [-0.15, -0.1) is 0 Å². The highest BCUT2D eigenvalue weighted by Crippen LogP contribution is 2.23. The lowest BCUT2D eigenvalue weighted by molar-refractivity contribution is -0.121. The maximum absolute atomic E-state index is 12.5. The van der Waals surface area contributed by atoms with Gasteiger partial charge in [-0.05, 0) is 61.8 Å². The first-order valence-corrected chi connectivity index (χ1v) is 9.99. The molecule has 0 radical (unpaired) electrons. The van der Waals surface area contributed by atoms with Crippen molar-refractivity contribution in [1.29, 1.82) is 0 Å². The Bertz CT molecular complexity index is 739. The first kappa shape index (κ1) is 21.2. The van der Waals surface area contributed by atoms with Gasteiger partial charge in [-0.3, -0.25) is 4.79 Å². The van der Waals surface area contributed by atoms with E-state index in [2.05, 4.69) is 87.7 Å². The summed E-state index contributed by atoms with van der Waals surface area (Å²) in [6.45, 7) is 11.1. The van der Waals surface area contributed by atoms with Crippen LogP contribution in [-0.2, 0) is 11.2 Å². The zero-order valence-electron chi connectivity index (χ0n) is 17.4. The fraction of sp³-hybridized carbons (Fsp3) is 0.458. The molecule has 3 heteroatoms. The van der Waals surface area contributed by atoms with Gasteiger partial charge in [-0.25, -0.2) is 0 Å². The molecule has 0 aromatic heterocycles. The van der Waals surface area contributed by atoms with Crippen LogP contribution in [-0.4, -0.2) is 18.5 Å². The van der Waals surface area contributed by atoms with Gasteiger partial charge in [0.25, 0.3) is 0 Å². The van der Waals surface area contributed by atoms with Gasteiger partial charge < -0.3 is 10.6 Å². The minimum absolute atomic E-state index is 0.0541. The van der Waals surface area contributed by atoms with Crippen LogP contribution in [0.25, 0.3) is 0 Å². The van der Waals surface area contributed by atoms with Crippen molar-refractivity contribution in [3.63, 3.8) is 0 Å². The van der Waals surface area contributed by atoms with Gasteiger partial charge in [0.15, 0.2) is 0 Å². The molecule has 0 heterocycles. The second kappa shape index (κ2) is 10.3. The molecule has 0 fully saturated rings. The van der Waals surface area contributed by atoms with Crippen LogP contribution in [0.1, 0.15) is 55.5 Å². The standard InChI is InChI=1S/C24H34N2O/c1-17(2)14-23(22-13-9-7-11-19(22)4)25-16-24(27)26-20(5)15-21-12-8-6-10-18(21)3/h6-13,17,20,23,25H,14-16H2,1-5H3,(H,26,27). The highest BCUT2D eigenvalue weighted by Gasteiger charge is 2.17. The Hall–Kier alpha value is -2.13. The highest BCUT2D eigenvalue weighted by atomic mass is 16.1. The van der Waals surface area contributed by atoms with E-state index in [4.69, 9.17) is 0 Å². The zero-order valence-corrected chi connectivity index (χ0v) is 17.4. The Morgan fingerprint density at radius 1 is 0.926 bits per heavy atom. The summed E-state index contributed by atoms with van der Waals surface area (Å²) in [6, 6.07) is 17.1. The Balaban J connectivity index is 1.91. The predicted octanol–water partition coefficient (Wildman–Crippen LogP) is 4.73. The van der Waals surface area contributed by atoms with Gasteiger partial charge in [0.1, 0.15) is 0 Å². The van der Waals surface area contributed by atoms with Crippen molar-refractivity contribution in [2.45, 2.75) is 59.5 Å². The molecule has 0 saturated carbocycles. The predicted molar refractivity (Wildman–Crippen MR) is 114 cm³/mol. The van der Waals surface area contributed by atoms with Crippen LogP contribution < -0.4 is 10.6 Å². The quantitative estimate of drug-likeness (QED) is 0.674. The molecular formula is C24H34N2O. The SMILES string of the molecule is Cc1ccccc1CC(C)NC(=O)CNC(CC(C)C)c1ccccc1C. The number of rotatable bonds is 9. The summed E-state index contributed by atoms with van der Waals surface area (Å²) in [4.78, 5) is 12.5. The van der Waals surface area contributed by atoms with Crippen molar-refractivity contribution in [3.05, 3.63) is 70.8 Å². The molecular weight excluding hydrogens is 332 g/mol. The van der Waals surface area contributed by atoms with Gasteiger partial charge in [-0.2, -0.15) is 0 Å². The smallest absolute Gasteiger partial charge is 0.234 e. The minimum Gasteiger partial charge on any atom is -0.352 e. The number of amides is 1. The number of carbonyl (C=O) groups is 1. The first-order valence-electron chi connectivity index (χ1n) is 9.99. The molecule has 3 nitrogen and oxygen atoms in total. The van der Waals surface area contributed by atoms with E-state index in [-0.39, 0.29) is 18.0 Å². The summed E-state index contributed by atoms with van der Waals surface area (Å²) in [5.74, 6) is 0.614. The average molecular weight is 367 g/mol. The lowest BCUT2D eigenvalue weighted by atomic mass is 9.94. The molecule has 2 aromatic carbocycles. The van der Waals surface area contributed by atoms with Crippen LogP contribution in [0.3, 0.4) is 0 Å². The Labute approximate surface area is 164 Å². The third kappa shape index (κ3) is 6.84. The van der Waals surface area contributed by atoms with Crippen molar-refractivity contribution in [3.8, 4) is 0 Å². The summed E-state index contributed by atoms with van der Waals surface area (Å²) in [5.41, 5.74) is 5.11. The molecule has 2 N–H and O–H groups in total. The second-order valence-corrected chi connectivity index (χ2v) is 8.02. The summed E-state index contributed by atoms with van der Waals surface area (Å²) >= 11 is 0. The van der Waals surface area contributed by atoms with E-state index in [0.29, 0.717) is 12.5 Å². The molecule has 0 bridgehead atoms. The molecule has 0 saturated heterocycles. The lowest BCUT2D eigenvalue weighted by Gasteiger charge is -2.23. The average Bonchev–Trinajstić information content (AvgIpc) is 2.61. The van der Waals surface area contributed by atoms with Crippen molar-refractivity contribution in [2.75, 3.05) is 6.54 Å². The third-order valence-corrected chi connectivity index (χ3v) is 4.97. The van der Waals surface area contributed by atoms with E-state index >= 15 is 0 Å². The van der Waals surface area contributed by atoms with Gasteiger partial charge in [0, 0.05) is 12.1 Å². The number of nitrogens with one attached hydrogen (secondary N) is 2. The van der Waals surface area contributed by atoms with Gasteiger partial charge >= 0.3 is 0 Å². The van der Waals surface area contributed by atoms with E-state index in [1.54, 1.807) is 0 Å². The van der Waals surface area contributed by atoms with Crippen molar-refractivity contribution < 1.29 is 4.79 Å². The van der Waals surface area contributed by atoms with Gasteiger partial charge in [0.05, 0.1) is 6.54 Å². The van der Waals surface area contributed by atoms with Crippen LogP contribution in [0.5, 0.6) is 0 Å². The number of aryl methyl sites for hydroxylation is 2. The first-order chi connectivity index (χ1) is 12.9. The molecule has 1 amide bonds. The molecule has 0 aliphatic heterocycles. The van der Waals surface area contributed by atoms with Crippen LogP contribution in [0.4, 0.5) is 0 Å². The van der Waals surface area contributed by atoms with Crippen molar-refractivity contribution in [1.82, 2.24) is 10.6 Å². The molecule has 2 aromatic rings. The molecule has 27 heavy (non-hydrogen) atoms. The van der Waals surface area contributed by atoms with E-state index in [1.165, 1.54) is 22.3 Å². The van der Waals surface area contributed by atoms with Crippen LogP contribution in [0.2, 0.25) is 0 Å². The second-order valence-electron chi connectivity index (χ2n) is 8.02. The number of carbonyl (C=O) groups excluding carboxylic acids is 1. The fourth-order valence-electron chi connectivity index (χ4n) is 3.53. The maximum Gasteiger partial charge on any atom is 0.234 e. The third-order valence-electron chi connectivity index (χ3n) is 4.97. The van der Waals surface area contributed by atoms with Crippen LogP contribution in [0, 0.1) is 19.8 Å². The molecule has 146 valence electrons. The van der Waals surface area contributed by atoms with Crippen LogP contribution >= 0.6 is 0 Å². The maximum atomic E-state index is 12.5. The van der Waals surface area contributed by atoms with Crippen molar-refractivity contribution >= 4 is 5.91 Å². The normalized spacial score (nSPS) is 13.4. The molecule has 2 atom stereocenters. The van der Waals surface area contributed by atoms with E-state index in [0.717, 1.165) is 12.8 Å². The fourth-order valence-corrected chi connectivity index (χ4v) is 3.53. The van der Waals surface area contributed by atoms with E-state index in [1.807, 2.05) is 6.07 Å². The topological polar surface area (TPSA) is 41.1 Å². The largest absolute Gasteiger partial charge is 0.352 e. The highest BCUT2D eigenvalue weighted by molar-refractivity contribution is 5.78. The van der Waals surface area contributed by atoms with Crippen LogP contribution in [0.15, 0.2) is 48.5 Å². The van der Waals surface area contributed by atoms with Gasteiger partial charge in [-0.1, -0.05) is 62.4 Å². The molecule has 0 aliphatic rings. The lowest BCUT2D eigenvalue weighted by Crippen LogP contribution is -2.41. The number of hydrogen-bond acceptors (Lipinski definition) is 2. The minimum atomic E-state index is 0.0541. The van der Waals surface area contributed by atoms with E-state index < -0.39 is 0 Å². The monoisotopic (exact) mass is 366 g/mol. The Kier molecular flexibility index (Phi) is 8.05. The molecule has 0 aliphatic carbocycles. The van der Waals surface area contributed by atoms with E-state index in [9.17, 15) is 4.79 Å². The summed E-state index contributed by atoms with van der Waals surface area (Å²) in [5, 5.41) is 6.61. The molecule has 0 spiro atoms. The Morgan fingerprint density at radius 2 is 1.56 bits per heavy atom. The zero-order chi connectivity index (χ0) is 19.8. The summed E-state index contributed by atoms with van der Waals surface area (Å²) < 4.78 is 0. The summed E-state index contributed by atoms with van der Waals surface area (Å²) in [7, 11) is 0. The Morgan fingerprint density at radius 3 is 2.19 bits per heavy atom. The molecule has 2 rings (SSSR count). The number of hydrogen-bond donors (Lipinski definition) is 2. The summed E-state index contributed by atoms with van der Waals surface area (Å²) in [6.07, 6.45) is 1.86.